The van der Waals surface area contributed by atoms with Crippen LogP contribution in [0.2, 0.25) is 0 Å². The van der Waals surface area contributed by atoms with Crippen molar-refractivity contribution in [2.24, 2.45) is 0 Å². The van der Waals surface area contributed by atoms with Crippen molar-refractivity contribution in [2.75, 3.05) is 13.2 Å². The summed E-state index contributed by atoms with van der Waals surface area (Å²) in [5, 5.41) is -0.171. The summed E-state index contributed by atoms with van der Waals surface area (Å²) < 4.78 is 40.1. The first-order valence-corrected chi connectivity index (χ1v) is 8.17. The quantitative estimate of drug-likeness (QED) is 0.618. The van der Waals surface area contributed by atoms with Gasteiger partial charge in [-0.1, -0.05) is 0 Å². The van der Waals surface area contributed by atoms with E-state index >= 15 is 0 Å². The molecule has 0 atom stereocenters. The van der Waals surface area contributed by atoms with Gasteiger partial charge in [0.15, 0.2) is 0 Å². The molecular weight excluding hydrogens is 359 g/mol. The molecule has 112 valence electrons. The molecule has 2 aromatic carbocycles. The van der Waals surface area contributed by atoms with Crippen LogP contribution < -0.4 is 15.0 Å². The SMILES string of the molecule is O=c1c2c(F)c(F)ccc2[se]n1-c1ccc2c(c1)OCCO2. The van der Waals surface area contributed by atoms with E-state index in [4.69, 9.17) is 9.47 Å². The number of nitrogens with zero attached hydrogens (tertiary/aromatic N) is 1. The van der Waals surface area contributed by atoms with Crippen LogP contribution in [-0.2, 0) is 0 Å². The molecule has 0 bridgehead atoms. The Balaban J connectivity index is 1.93. The Morgan fingerprint density at radius 1 is 1.05 bits per heavy atom. The van der Waals surface area contributed by atoms with Crippen molar-refractivity contribution in [2.45, 2.75) is 0 Å². The third-order valence-corrected chi connectivity index (χ3v) is 5.70. The molecule has 1 aliphatic heterocycles. The molecule has 1 aromatic heterocycles. The van der Waals surface area contributed by atoms with Crippen LogP contribution in [0, 0.1) is 11.6 Å². The van der Waals surface area contributed by atoms with Gasteiger partial charge < -0.3 is 0 Å². The number of hydrogen-bond donors (Lipinski definition) is 0. The number of halogens is 2. The van der Waals surface area contributed by atoms with Crippen molar-refractivity contribution in [3.8, 4) is 17.2 Å². The van der Waals surface area contributed by atoms with Crippen LogP contribution in [0.1, 0.15) is 0 Å². The molecule has 0 N–H and O–H groups in total. The van der Waals surface area contributed by atoms with E-state index in [1.165, 1.54) is 9.63 Å². The van der Waals surface area contributed by atoms with Crippen molar-refractivity contribution in [3.05, 3.63) is 52.3 Å². The van der Waals surface area contributed by atoms with E-state index in [-0.39, 0.29) is 5.39 Å². The summed E-state index contributed by atoms with van der Waals surface area (Å²) in [4.78, 5) is 12.4. The fourth-order valence-electron chi connectivity index (χ4n) is 2.38. The van der Waals surface area contributed by atoms with Gasteiger partial charge in [-0.25, -0.2) is 0 Å². The fourth-order valence-corrected chi connectivity index (χ4v) is 4.45. The van der Waals surface area contributed by atoms with E-state index in [0.29, 0.717) is 34.7 Å². The number of benzene rings is 2. The second-order valence-electron chi connectivity index (χ2n) is 4.75. The van der Waals surface area contributed by atoms with Crippen LogP contribution >= 0.6 is 0 Å². The maximum absolute atomic E-state index is 13.9. The molecule has 2 heterocycles. The zero-order valence-corrected chi connectivity index (χ0v) is 12.9. The number of fused-ring (bicyclic) bond motifs is 2. The van der Waals surface area contributed by atoms with Crippen LogP contribution in [0.5, 0.6) is 11.5 Å². The van der Waals surface area contributed by atoms with E-state index < -0.39 is 31.9 Å². The zero-order chi connectivity index (χ0) is 15.3. The second kappa shape index (κ2) is 4.97. The van der Waals surface area contributed by atoms with Gasteiger partial charge in [0.2, 0.25) is 0 Å². The van der Waals surface area contributed by atoms with Gasteiger partial charge in [-0.05, 0) is 0 Å². The molecule has 0 aliphatic carbocycles. The van der Waals surface area contributed by atoms with Gasteiger partial charge in [0.05, 0.1) is 0 Å². The average molecular weight is 368 g/mol. The summed E-state index contributed by atoms with van der Waals surface area (Å²) in [5.41, 5.74) is 0.0638. The van der Waals surface area contributed by atoms with Crippen LogP contribution in [0.15, 0.2) is 35.1 Å². The van der Waals surface area contributed by atoms with Gasteiger partial charge in [-0.15, -0.1) is 0 Å². The summed E-state index contributed by atoms with van der Waals surface area (Å²) in [6, 6.07) is 7.63. The first-order valence-electron chi connectivity index (χ1n) is 6.55. The van der Waals surface area contributed by atoms with Crippen molar-refractivity contribution in [1.82, 2.24) is 3.56 Å². The van der Waals surface area contributed by atoms with Crippen LogP contribution in [0.4, 0.5) is 8.78 Å². The minimum atomic E-state index is -1.08. The third kappa shape index (κ3) is 1.97. The van der Waals surface area contributed by atoms with Gasteiger partial charge in [-0.2, -0.15) is 0 Å². The molecule has 22 heavy (non-hydrogen) atoms. The Bertz CT molecular complexity index is 948. The van der Waals surface area contributed by atoms with E-state index in [1.807, 2.05) is 0 Å². The Morgan fingerprint density at radius 2 is 1.82 bits per heavy atom. The van der Waals surface area contributed by atoms with Crippen LogP contribution in [0.3, 0.4) is 0 Å². The molecule has 1 aliphatic rings. The Hall–Kier alpha value is -2.11. The molecule has 0 spiro atoms. The number of rotatable bonds is 1. The molecule has 0 amide bonds. The average Bonchev–Trinajstić information content (AvgIpc) is 2.88. The second-order valence-corrected chi connectivity index (χ2v) is 6.83. The Kier molecular flexibility index (Phi) is 3.06. The molecule has 4 nitrogen and oxygen atoms in total. The fraction of sp³-hybridized carbons (Fsp3) is 0.133. The van der Waals surface area contributed by atoms with Crippen molar-refractivity contribution in [1.29, 1.82) is 0 Å². The van der Waals surface area contributed by atoms with Gasteiger partial charge >= 0.3 is 129 Å². The minimum absolute atomic E-state index is 0.171. The number of ether oxygens (including phenoxy) is 2. The monoisotopic (exact) mass is 369 g/mol. The maximum atomic E-state index is 13.9. The molecule has 0 unspecified atom stereocenters. The van der Waals surface area contributed by atoms with Gasteiger partial charge in [0, 0.05) is 0 Å². The zero-order valence-electron chi connectivity index (χ0n) is 11.1. The first kappa shape index (κ1) is 13.5. The number of aromatic nitrogens is 1. The molecular formula is C15H9F2NO3Se. The van der Waals surface area contributed by atoms with Crippen LogP contribution in [-0.4, -0.2) is 31.5 Å². The first-order chi connectivity index (χ1) is 10.6. The predicted octanol–water partition coefficient (Wildman–Crippen LogP) is 2.10. The molecule has 7 heteroatoms. The number of hydrogen-bond acceptors (Lipinski definition) is 3. The molecule has 0 radical (unpaired) electrons. The molecule has 0 saturated heterocycles. The molecule has 3 aromatic rings. The Morgan fingerprint density at radius 3 is 2.64 bits per heavy atom. The van der Waals surface area contributed by atoms with Crippen molar-refractivity contribution >= 4 is 24.4 Å². The summed E-state index contributed by atoms with van der Waals surface area (Å²) in [5.74, 6) is -0.921. The Labute approximate surface area is 129 Å². The van der Waals surface area contributed by atoms with E-state index in [2.05, 4.69) is 0 Å². The molecule has 0 fully saturated rings. The van der Waals surface area contributed by atoms with Crippen LogP contribution in [0.25, 0.3) is 15.3 Å². The summed E-state index contributed by atoms with van der Waals surface area (Å²) in [6.07, 6.45) is 0. The van der Waals surface area contributed by atoms with Crippen molar-refractivity contribution in [3.63, 3.8) is 0 Å². The molecule has 0 saturated carbocycles. The van der Waals surface area contributed by atoms with E-state index in [9.17, 15) is 13.6 Å². The third-order valence-electron chi connectivity index (χ3n) is 3.40. The normalized spacial score (nSPS) is 13.5. The van der Waals surface area contributed by atoms with Gasteiger partial charge in [0.1, 0.15) is 0 Å². The van der Waals surface area contributed by atoms with E-state index in [0.717, 1.165) is 6.07 Å². The topological polar surface area (TPSA) is 40.5 Å². The summed E-state index contributed by atoms with van der Waals surface area (Å²) in [6.45, 7) is 0.921. The standard InChI is InChI=1S/C15H9F2NO3Se/c16-9-2-4-12-13(14(9)17)15(19)18(22-12)8-1-3-10-11(7-8)21-6-5-20-10/h1-4,7H,5-6H2. The molecule has 4 rings (SSSR count). The van der Waals surface area contributed by atoms with Gasteiger partial charge in [0.25, 0.3) is 0 Å². The summed E-state index contributed by atoms with van der Waals surface area (Å²) >= 11 is -0.440. The van der Waals surface area contributed by atoms with Crippen molar-refractivity contribution < 1.29 is 18.3 Å². The van der Waals surface area contributed by atoms with Gasteiger partial charge in [-0.3, -0.25) is 0 Å². The summed E-state index contributed by atoms with van der Waals surface area (Å²) in [7, 11) is 0. The predicted molar refractivity (Wildman–Crippen MR) is 77.4 cm³/mol. The van der Waals surface area contributed by atoms with E-state index in [1.54, 1.807) is 18.2 Å².